The van der Waals surface area contributed by atoms with Crippen LogP contribution in [0.1, 0.15) is 23.2 Å². The first-order chi connectivity index (χ1) is 12.8. The summed E-state index contributed by atoms with van der Waals surface area (Å²) in [7, 11) is 0. The summed E-state index contributed by atoms with van der Waals surface area (Å²) in [5.41, 5.74) is 3.48. The highest BCUT2D eigenvalue weighted by Gasteiger charge is 2.38. The Morgan fingerprint density at radius 1 is 1.19 bits per heavy atom. The molecule has 0 N–H and O–H groups in total. The molecule has 1 aliphatic heterocycles. The van der Waals surface area contributed by atoms with E-state index in [0.29, 0.717) is 37.5 Å². The van der Waals surface area contributed by atoms with Crippen LogP contribution in [0.2, 0.25) is 0 Å². The van der Waals surface area contributed by atoms with E-state index in [9.17, 15) is 4.79 Å². The summed E-state index contributed by atoms with van der Waals surface area (Å²) in [5, 5.41) is 0. The van der Waals surface area contributed by atoms with E-state index in [4.69, 9.17) is 9.47 Å². The molecule has 1 saturated carbocycles. The zero-order valence-electron chi connectivity index (χ0n) is 14.5. The van der Waals surface area contributed by atoms with E-state index in [0.717, 1.165) is 22.3 Å². The van der Waals surface area contributed by atoms with Crippen LogP contribution in [0, 0.1) is 17.8 Å². The summed E-state index contributed by atoms with van der Waals surface area (Å²) in [6.45, 7) is 2.48. The number of rotatable bonds is 5. The molecule has 2 bridgehead atoms. The van der Waals surface area contributed by atoms with E-state index in [2.05, 4.69) is 17.1 Å². The Morgan fingerprint density at radius 2 is 2.08 bits per heavy atom. The number of carbonyl (C=O) groups excluding carboxylic acids is 1. The highest BCUT2D eigenvalue weighted by molar-refractivity contribution is 7.16. The van der Waals surface area contributed by atoms with Gasteiger partial charge in [0.15, 0.2) is 6.29 Å². The molecular formula is C20H22N2O3S. The van der Waals surface area contributed by atoms with Gasteiger partial charge in [0, 0.05) is 12.1 Å². The van der Waals surface area contributed by atoms with Crippen LogP contribution >= 0.6 is 11.3 Å². The molecule has 3 aliphatic rings. The lowest BCUT2D eigenvalue weighted by Gasteiger charge is -2.30. The molecular weight excluding hydrogens is 348 g/mol. The molecule has 2 aliphatic carbocycles. The van der Waals surface area contributed by atoms with Crippen LogP contribution in [0.3, 0.4) is 0 Å². The van der Waals surface area contributed by atoms with Gasteiger partial charge in [-0.25, -0.2) is 4.98 Å². The second kappa shape index (κ2) is 6.76. The van der Waals surface area contributed by atoms with Crippen molar-refractivity contribution in [2.24, 2.45) is 17.8 Å². The molecule has 26 heavy (non-hydrogen) atoms. The maximum atomic E-state index is 13.3. The number of thiazole rings is 1. The third kappa shape index (κ3) is 3.06. The lowest BCUT2D eigenvalue weighted by molar-refractivity contribution is -0.0592. The minimum absolute atomic E-state index is 0.0613. The number of amides is 1. The minimum atomic E-state index is -0.305. The van der Waals surface area contributed by atoms with Crippen LogP contribution in [-0.4, -0.2) is 48.4 Å². The number of benzene rings is 1. The molecule has 2 fully saturated rings. The second-order valence-electron chi connectivity index (χ2n) is 7.46. The van der Waals surface area contributed by atoms with E-state index in [1.54, 1.807) is 11.3 Å². The molecule has 1 amide bonds. The largest absolute Gasteiger partial charge is 0.348 e. The molecule has 0 spiro atoms. The van der Waals surface area contributed by atoms with E-state index < -0.39 is 0 Å². The van der Waals surface area contributed by atoms with Crippen LogP contribution in [0.25, 0.3) is 10.2 Å². The number of fused-ring (bicyclic) bond motifs is 3. The van der Waals surface area contributed by atoms with Crippen LogP contribution in [0.5, 0.6) is 0 Å². The zero-order chi connectivity index (χ0) is 17.5. The lowest BCUT2D eigenvalue weighted by Crippen LogP contribution is -2.41. The maximum absolute atomic E-state index is 13.3. The van der Waals surface area contributed by atoms with Gasteiger partial charge in [-0.15, -0.1) is 11.3 Å². The van der Waals surface area contributed by atoms with Gasteiger partial charge < -0.3 is 14.4 Å². The van der Waals surface area contributed by atoms with Crippen molar-refractivity contribution in [3.05, 3.63) is 41.4 Å². The number of aromatic nitrogens is 1. The van der Waals surface area contributed by atoms with Gasteiger partial charge in [0.1, 0.15) is 0 Å². The Labute approximate surface area is 156 Å². The molecule has 5 rings (SSSR count). The van der Waals surface area contributed by atoms with Gasteiger partial charge in [-0.05, 0) is 48.8 Å². The summed E-state index contributed by atoms with van der Waals surface area (Å²) in [6.07, 6.45) is 6.81. The predicted octanol–water partition coefficient (Wildman–Crippen LogP) is 3.32. The smallest absolute Gasteiger partial charge is 0.254 e. The van der Waals surface area contributed by atoms with Crippen molar-refractivity contribution in [3.63, 3.8) is 0 Å². The first kappa shape index (κ1) is 16.4. The zero-order valence-corrected chi connectivity index (χ0v) is 15.4. The van der Waals surface area contributed by atoms with Crippen molar-refractivity contribution in [1.29, 1.82) is 0 Å². The number of hydrogen-bond acceptors (Lipinski definition) is 5. The summed E-state index contributed by atoms with van der Waals surface area (Å²) in [6, 6.07) is 5.77. The summed E-state index contributed by atoms with van der Waals surface area (Å²) < 4.78 is 12.3. The Morgan fingerprint density at radius 3 is 2.85 bits per heavy atom. The van der Waals surface area contributed by atoms with Crippen molar-refractivity contribution in [3.8, 4) is 0 Å². The highest BCUT2D eigenvalue weighted by Crippen LogP contribution is 2.43. The van der Waals surface area contributed by atoms with Crippen LogP contribution in [0.15, 0.2) is 35.9 Å². The van der Waals surface area contributed by atoms with Gasteiger partial charge in [-0.3, -0.25) is 4.79 Å². The number of allylic oxidation sites excluding steroid dienone is 2. The number of hydrogen-bond donors (Lipinski definition) is 0. The fourth-order valence-corrected chi connectivity index (χ4v) is 5.21. The van der Waals surface area contributed by atoms with Crippen molar-refractivity contribution in [1.82, 2.24) is 9.88 Å². The maximum Gasteiger partial charge on any atom is 0.254 e. The van der Waals surface area contributed by atoms with E-state index in [1.807, 2.05) is 28.6 Å². The first-order valence-electron chi connectivity index (χ1n) is 9.30. The first-order valence-corrected chi connectivity index (χ1v) is 10.2. The normalized spacial score (nSPS) is 27.6. The molecule has 0 radical (unpaired) electrons. The van der Waals surface area contributed by atoms with Gasteiger partial charge in [0.05, 0.1) is 35.5 Å². The molecule has 1 aromatic heterocycles. The molecule has 1 saturated heterocycles. The Bertz CT molecular complexity index is 842. The quantitative estimate of drug-likeness (QED) is 0.758. The van der Waals surface area contributed by atoms with Crippen molar-refractivity contribution in [2.45, 2.75) is 19.1 Å². The third-order valence-corrected chi connectivity index (χ3v) is 6.59. The number of nitrogens with zero attached hydrogens (tertiary/aromatic N) is 2. The van der Waals surface area contributed by atoms with Crippen LogP contribution in [-0.2, 0) is 9.47 Å². The molecule has 0 unspecified atom stereocenters. The molecule has 5 nitrogen and oxygen atoms in total. The van der Waals surface area contributed by atoms with Gasteiger partial charge >= 0.3 is 0 Å². The predicted molar refractivity (Wildman–Crippen MR) is 100 cm³/mol. The van der Waals surface area contributed by atoms with Gasteiger partial charge in [0.25, 0.3) is 5.91 Å². The standard InChI is InChI=1S/C20H22N2O3S/c23-20(15-3-4-17-18(9-15)26-12-21-17)22(11-19-24-5-6-25-19)10-16-8-13-1-2-14(16)7-13/h1-4,9,12-14,16,19H,5-8,10-11H2/t13-,14+,16-/m1/s1. The summed E-state index contributed by atoms with van der Waals surface area (Å²) in [5.74, 6) is 1.92. The van der Waals surface area contributed by atoms with Crippen LogP contribution < -0.4 is 0 Å². The Balaban J connectivity index is 1.38. The van der Waals surface area contributed by atoms with E-state index >= 15 is 0 Å². The SMILES string of the molecule is O=C(c1ccc2ncsc2c1)N(CC1OCCO1)C[C@H]1C[C@@H]2C=C[C@H]1C2. The molecule has 2 heterocycles. The van der Waals surface area contributed by atoms with E-state index in [1.165, 1.54) is 12.8 Å². The summed E-state index contributed by atoms with van der Waals surface area (Å²) in [4.78, 5) is 19.5. The monoisotopic (exact) mass is 370 g/mol. The Hall–Kier alpha value is -1.76. The number of ether oxygens (including phenoxy) is 2. The van der Waals surface area contributed by atoms with Crippen molar-refractivity contribution in [2.75, 3.05) is 26.3 Å². The topological polar surface area (TPSA) is 51.7 Å². The number of carbonyl (C=O) groups is 1. The molecule has 6 heteroatoms. The molecule has 2 aromatic rings. The van der Waals surface area contributed by atoms with Crippen molar-refractivity contribution >= 4 is 27.5 Å². The Kier molecular flexibility index (Phi) is 4.27. The van der Waals surface area contributed by atoms with Gasteiger partial charge in [-0.1, -0.05) is 12.2 Å². The van der Waals surface area contributed by atoms with Crippen molar-refractivity contribution < 1.29 is 14.3 Å². The average molecular weight is 370 g/mol. The fraction of sp³-hybridized carbons (Fsp3) is 0.500. The fourth-order valence-electron chi connectivity index (χ4n) is 4.49. The molecule has 3 atom stereocenters. The lowest BCUT2D eigenvalue weighted by atomic mass is 9.93. The molecule has 1 aromatic carbocycles. The minimum Gasteiger partial charge on any atom is -0.348 e. The van der Waals surface area contributed by atoms with Gasteiger partial charge in [-0.2, -0.15) is 0 Å². The third-order valence-electron chi connectivity index (χ3n) is 5.80. The average Bonchev–Trinajstić information content (AvgIpc) is 3.43. The molecule has 136 valence electrons. The highest BCUT2D eigenvalue weighted by atomic mass is 32.1. The second-order valence-corrected chi connectivity index (χ2v) is 8.34. The summed E-state index contributed by atoms with van der Waals surface area (Å²) >= 11 is 1.57. The van der Waals surface area contributed by atoms with E-state index in [-0.39, 0.29) is 12.2 Å². The van der Waals surface area contributed by atoms with Gasteiger partial charge in [0.2, 0.25) is 0 Å². The van der Waals surface area contributed by atoms with Crippen LogP contribution in [0.4, 0.5) is 0 Å².